The first kappa shape index (κ1) is 21.8. The van der Waals surface area contributed by atoms with Crippen LogP contribution in [0.15, 0.2) is 23.2 Å². The minimum absolute atomic E-state index is 0. The van der Waals surface area contributed by atoms with Gasteiger partial charge in [0, 0.05) is 18.7 Å². The van der Waals surface area contributed by atoms with Crippen LogP contribution < -0.4 is 20.1 Å². The lowest BCUT2D eigenvalue weighted by molar-refractivity contribution is 0.352. The van der Waals surface area contributed by atoms with Crippen LogP contribution in [0.5, 0.6) is 11.5 Å². The molecule has 0 spiro atoms. The average Bonchev–Trinajstić information content (AvgIpc) is 2.55. The number of nitrogens with zero attached hydrogens (tertiary/aromatic N) is 1. The van der Waals surface area contributed by atoms with Crippen LogP contribution in [0.25, 0.3) is 0 Å². The molecule has 1 aromatic rings. The molecule has 0 saturated carbocycles. The minimum Gasteiger partial charge on any atom is -0.493 e. The van der Waals surface area contributed by atoms with E-state index in [4.69, 9.17) is 9.47 Å². The van der Waals surface area contributed by atoms with Crippen molar-refractivity contribution in [3.05, 3.63) is 23.8 Å². The number of para-hydroxylation sites is 1. The SMILES string of the molecule is CCCCCNC(=NCc1cccc(OC)c1OC)NCC.I. The third-order valence-electron chi connectivity index (χ3n) is 3.31. The lowest BCUT2D eigenvalue weighted by atomic mass is 10.2. The molecule has 0 bridgehead atoms. The second kappa shape index (κ2) is 13.3. The van der Waals surface area contributed by atoms with Gasteiger partial charge < -0.3 is 20.1 Å². The van der Waals surface area contributed by atoms with E-state index in [1.807, 2.05) is 18.2 Å². The molecule has 0 aromatic heterocycles. The van der Waals surface area contributed by atoms with Crippen molar-refractivity contribution in [2.75, 3.05) is 27.3 Å². The van der Waals surface area contributed by atoms with Crippen LogP contribution in [0.4, 0.5) is 0 Å². The van der Waals surface area contributed by atoms with Crippen LogP contribution in [0.1, 0.15) is 38.7 Å². The molecule has 2 N–H and O–H groups in total. The first-order chi connectivity index (χ1) is 10.8. The van der Waals surface area contributed by atoms with Gasteiger partial charge >= 0.3 is 0 Å². The summed E-state index contributed by atoms with van der Waals surface area (Å²) in [6.07, 6.45) is 3.61. The average molecular weight is 435 g/mol. The fourth-order valence-corrected chi connectivity index (χ4v) is 2.17. The number of unbranched alkanes of at least 4 members (excludes halogenated alkanes) is 2. The molecule has 0 heterocycles. The molecule has 132 valence electrons. The number of nitrogens with one attached hydrogen (secondary N) is 2. The molecule has 0 radical (unpaired) electrons. The van der Waals surface area contributed by atoms with Gasteiger partial charge in [-0.05, 0) is 19.4 Å². The van der Waals surface area contributed by atoms with Crippen molar-refractivity contribution < 1.29 is 9.47 Å². The Kier molecular flexibility index (Phi) is 12.6. The second-order valence-electron chi connectivity index (χ2n) is 4.98. The largest absolute Gasteiger partial charge is 0.493 e. The lowest BCUT2D eigenvalue weighted by Crippen LogP contribution is -2.37. The molecular weight excluding hydrogens is 405 g/mol. The van der Waals surface area contributed by atoms with Crippen molar-refractivity contribution in [3.63, 3.8) is 0 Å². The van der Waals surface area contributed by atoms with Crippen LogP contribution in [0.2, 0.25) is 0 Å². The van der Waals surface area contributed by atoms with Crippen LogP contribution in [-0.4, -0.2) is 33.3 Å². The van der Waals surface area contributed by atoms with Crippen molar-refractivity contribution in [1.29, 1.82) is 0 Å². The maximum atomic E-state index is 5.44. The number of ether oxygens (including phenoxy) is 2. The van der Waals surface area contributed by atoms with Crippen molar-refractivity contribution in [2.24, 2.45) is 4.99 Å². The summed E-state index contributed by atoms with van der Waals surface area (Å²) in [6, 6.07) is 5.85. The number of halogens is 1. The highest BCUT2D eigenvalue weighted by molar-refractivity contribution is 14.0. The van der Waals surface area contributed by atoms with Gasteiger partial charge in [-0.1, -0.05) is 31.9 Å². The highest BCUT2D eigenvalue weighted by atomic mass is 127. The van der Waals surface area contributed by atoms with Crippen molar-refractivity contribution in [1.82, 2.24) is 10.6 Å². The number of hydrogen-bond donors (Lipinski definition) is 2. The smallest absolute Gasteiger partial charge is 0.191 e. The summed E-state index contributed by atoms with van der Waals surface area (Å²) in [6.45, 7) is 6.59. The molecule has 1 rings (SSSR count). The Labute approximate surface area is 157 Å². The third-order valence-corrected chi connectivity index (χ3v) is 3.31. The normalized spacial score (nSPS) is 10.7. The molecule has 0 aliphatic heterocycles. The number of hydrogen-bond acceptors (Lipinski definition) is 3. The van der Waals surface area contributed by atoms with E-state index in [2.05, 4.69) is 29.5 Å². The first-order valence-corrected chi connectivity index (χ1v) is 7.98. The highest BCUT2D eigenvalue weighted by Crippen LogP contribution is 2.30. The maximum absolute atomic E-state index is 5.44. The van der Waals surface area contributed by atoms with E-state index in [1.54, 1.807) is 14.2 Å². The van der Waals surface area contributed by atoms with E-state index in [9.17, 15) is 0 Å². The summed E-state index contributed by atoms with van der Waals surface area (Å²) in [5, 5.41) is 6.62. The highest BCUT2D eigenvalue weighted by Gasteiger charge is 2.09. The second-order valence-corrected chi connectivity index (χ2v) is 4.98. The van der Waals surface area contributed by atoms with Gasteiger partial charge in [0.15, 0.2) is 17.5 Å². The summed E-state index contributed by atoms with van der Waals surface area (Å²) >= 11 is 0. The van der Waals surface area contributed by atoms with Crippen molar-refractivity contribution in [3.8, 4) is 11.5 Å². The Balaban J connectivity index is 0.00000484. The fourth-order valence-electron chi connectivity index (χ4n) is 2.17. The Bertz CT molecular complexity index is 467. The van der Waals surface area contributed by atoms with Crippen LogP contribution in [-0.2, 0) is 6.54 Å². The standard InChI is InChI=1S/C17H29N3O2.HI/c1-5-7-8-12-19-17(18-6-2)20-13-14-10-9-11-15(21-3)16(14)22-4;/h9-11H,5-8,12-13H2,1-4H3,(H2,18,19,20);1H. The zero-order valence-corrected chi connectivity index (χ0v) is 17.0. The summed E-state index contributed by atoms with van der Waals surface area (Å²) in [5.74, 6) is 2.31. The van der Waals surface area contributed by atoms with E-state index < -0.39 is 0 Å². The minimum atomic E-state index is 0. The predicted octanol–water partition coefficient (Wildman–Crippen LogP) is 3.57. The van der Waals surface area contributed by atoms with Crippen LogP contribution >= 0.6 is 24.0 Å². The van der Waals surface area contributed by atoms with Crippen molar-refractivity contribution >= 4 is 29.9 Å². The number of guanidine groups is 1. The van der Waals surface area contributed by atoms with Gasteiger partial charge in [-0.2, -0.15) is 0 Å². The molecule has 0 aliphatic rings. The lowest BCUT2D eigenvalue weighted by Gasteiger charge is -2.13. The Hall–Kier alpha value is -1.18. The Morgan fingerprint density at radius 3 is 2.48 bits per heavy atom. The quantitative estimate of drug-likeness (QED) is 0.270. The molecule has 1 aromatic carbocycles. The molecule has 0 atom stereocenters. The zero-order chi connectivity index (χ0) is 16.2. The first-order valence-electron chi connectivity index (χ1n) is 7.98. The van der Waals surface area contributed by atoms with Gasteiger partial charge in [-0.3, -0.25) is 0 Å². The molecule has 5 nitrogen and oxygen atoms in total. The summed E-state index contributed by atoms with van der Waals surface area (Å²) in [7, 11) is 3.30. The Morgan fingerprint density at radius 2 is 1.87 bits per heavy atom. The van der Waals surface area contributed by atoms with Gasteiger partial charge in [-0.15, -0.1) is 24.0 Å². The molecule has 0 saturated heterocycles. The van der Waals surface area contributed by atoms with E-state index in [0.29, 0.717) is 6.54 Å². The van der Waals surface area contributed by atoms with E-state index in [-0.39, 0.29) is 24.0 Å². The summed E-state index contributed by atoms with van der Waals surface area (Å²) < 4.78 is 10.8. The van der Waals surface area contributed by atoms with Crippen LogP contribution in [0.3, 0.4) is 0 Å². The van der Waals surface area contributed by atoms with E-state index in [1.165, 1.54) is 12.8 Å². The number of rotatable bonds is 9. The number of benzene rings is 1. The van der Waals surface area contributed by atoms with E-state index >= 15 is 0 Å². The molecule has 0 amide bonds. The van der Waals surface area contributed by atoms with Gasteiger partial charge in [0.25, 0.3) is 0 Å². The van der Waals surface area contributed by atoms with Gasteiger partial charge in [0.1, 0.15) is 0 Å². The third kappa shape index (κ3) is 7.76. The van der Waals surface area contributed by atoms with Crippen LogP contribution in [0, 0.1) is 0 Å². The van der Waals surface area contributed by atoms with E-state index in [0.717, 1.165) is 42.5 Å². The number of methoxy groups -OCH3 is 2. The summed E-state index contributed by atoms with van der Waals surface area (Å²) in [5.41, 5.74) is 1.01. The molecule has 23 heavy (non-hydrogen) atoms. The maximum Gasteiger partial charge on any atom is 0.191 e. The molecule has 0 fully saturated rings. The topological polar surface area (TPSA) is 54.9 Å². The molecule has 0 aliphatic carbocycles. The van der Waals surface area contributed by atoms with Gasteiger partial charge in [0.2, 0.25) is 0 Å². The number of aliphatic imine (C=N–C) groups is 1. The molecule has 6 heteroatoms. The fraction of sp³-hybridized carbons (Fsp3) is 0.588. The summed E-state index contributed by atoms with van der Waals surface area (Å²) in [4.78, 5) is 4.62. The van der Waals surface area contributed by atoms with Crippen molar-refractivity contribution in [2.45, 2.75) is 39.7 Å². The van der Waals surface area contributed by atoms with Gasteiger partial charge in [-0.25, -0.2) is 4.99 Å². The zero-order valence-electron chi connectivity index (χ0n) is 14.6. The monoisotopic (exact) mass is 435 g/mol. The Morgan fingerprint density at radius 1 is 1.09 bits per heavy atom. The molecular formula is C17H30IN3O2. The predicted molar refractivity (Wildman–Crippen MR) is 107 cm³/mol. The molecule has 0 unspecified atom stereocenters. The van der Waals surface area contributed by atoms with Gasteiger partial charge in [0.05, 0.1) is 20.8 Å².